The first-order valence-corrected chi connectivity index (χ1v) is 8.67. The molecule has 1 aliphatic heterocycles. The minimum absolute atomic E-state index is 0.0735. The number of nitrogens with zero attached hydrogens (tertiary/aromatic N) is 1. The van der Waals surface area contributed by atoms with Crippen molar-refractivity contribution in [1.29, 1.82) is 0 Å². The third kappa shape index (κ3) is 3.51. The van der Waals surface area contributed by atoms with Crippen LogP contribution in [0, 0.1) is 13.8 Å². The highest BCUT2D eigenvalue weighted by Crippen LogP contribution is 2.17. The molecule has 2 aromatic rings. The van der Waals surface area contributed by atoms with E-state index >= 15 is 0 Å². The normalized spacial score (nSPS) is 14.8. The molecule has 1 saturated heterocycles. The number of likely N-dealkylation sites (tertiary alicyclic amines) is 1. The van der Waals surface area contributed by atoms with Crippen molar-refractivity contribution in [2.24, 2.45) is 0 Å². The summed E-state index contributed by atoms with van der Waals surface area (Å²) in [6, 6.07) is 5.72. The van der Waals surface area contributed by atoms with Crippen LogP contribution in [0.5, 0.6) is 0 Å². The molecule has 24 heavy (non-hydrogen) atoms. The maximum atomic E-state index is 12.4. The first kappa shape index (κ1) is 16.7. The van der Waals surface area contributed by atoms with E-state index in [0.717, 1.165) is 60.2 Å². The average molecular weight is 327 g/mol. The van der Waals surface area contributed by atoms with Crippen LogP contribution in [-0.4, -0.2) is 35.4 Å². The predicted molar refractivity (Wildman–Crippen MR) is 96.2 cm³/mol. The highest BCUT2D eigenvalue weighted by Gasteiger charge is 2.18. The molecule has 0 saturated carbocycles. The predicted octanol–water partition coefficient (Wildman–Crippen LogP) is 2.25. The summed E-state index contributed by atoms with van der Waals surface area (Å²) in [6.45, 7) is 7.16. The van der Waals surface area contributed by atoms with Gasteiger partial charge in [0.25, 0.3) is 0 Å². The lowest BCUT2D eigenvalue weighted by Gasteiger charge is -2.15. The summed E-state index contributed by atoms with van der Waals surface area (Å²) in [4.78, 5) is 29.3. The van der Waals surface area contributed by atoms with Gasteiger partial charge in [-0.25, -0.2) is 0 Å². The third-order valence-electron chi connectivity index (χ3n) is 4.73. The van der Waals surface area contributed by atoms with Crippen molar-refractivity contribution in [2.45, 2.75) is 39.7 Å². The lowest BCUT2D eigenvalue weighted by Crippen LogP contribution is -2.28. The van der Waals surface area contributed by atoms with Crippen molar-refractivity contribution < 1.29 is 4.79 Å². The number of rotatable bonds is 6. The molecule has 2 heterocycles. The van der Waals surface area contributed by atoms with Gasteiger partial charge in [0.15, 0.2) is 5.43 Å². The number of aromatic nitrogens is 1. The molecule has 0 aliphatic carbocycles. The minimum atomic E-state index is 0.0735. The molecule has 128 valence electrons. The van der Waals surface area contributed by atoms with E-state index in [1.54, 1.807) is 6.07 Å². The number of aryl methyl sites for hydroxylation is 2. The van der Waals surface area contributed by atoms with Gasteiger partial charge in [0, 0.05) is 43.2 Å². The fourth-order valence-corrected chi connectivity index (χ4v) is 3.37. The van der Waals surface area contributed by atoms with E-state index in [0.29, 0.717) is 13.0 Å². The van der Waals surface area contributed by atoms with Crippen LogP contribution in [0.1, 0.15) is 36.1 Å². The van der Waals surface area contributed by atoms with Crippen LogP contribution in [0.15, 0.2) is 23.0 Å². The molecule has 1 aromatic carbocycles. The Bertz CT molecular complexity index is 810. The van der Waals surface area contributed by atoms with Gasteiger partial charge in [-0.2, -0.15) is 0 Å². The van der Waals surface area contributed by atoms with Crippen molar-refractivity contribution in [2.75, 3.05) is 19.6 Å². The number of nitrogens with one attached hydrogen (secondary N) is 2. The summed E-state index contributed by atoms with van der Waals surface area (Å²) < 4.78 is 0. The van der Waals surface area contributed by atoms with Crippen LogP contribution in [0.25, 0.3) is 10.9 Å². The summed E-state index contributed by atoms with van der Waals surface area (Å²) in [5.41, 5.74) is 4.00. The number of pyridine rings is 1. The molecule has 1 aliphatic rings. The van der Waals surface area contributed by atoms with Crippen LogP contribution < -0.4 is 10.7 Å². The first-order chi connectivity index (χ1) is 11.6. The fraction of sp³-hybridized carbons (Fsp3) is 0.474. The topological polar surface area (TPSA) is 65.2 Å². The molecule has 3 rings (SSSR count). The monoisotopic (exact) mass is 327 g/mol. The van der Waals surface area contributed by atoms with Crippen LogP contribution in [0.3, 0.4) is 0 Å². The van der Waals surface area contributed by atoms with E-state index in [1.807, 2.05) is 30.9 Å². The Labute approximate surface area is 142 Å². The average Bonchev–Trinajstić information content (AvgIpc) is 2.95. The summed E-state index contributed by atoms with van der Waals surface area (Å²) in [5, 5.41) is 4.14. The zero-order chi connectivity index (χ0) is 17.1. The molecule has 0 radical (unpaired) electrons. The van der Waals surface area contributed by atoms with Crippen molar-refractivity contribution in [1.82, 2.24) is 15.2 Å². The van der Waals surface area contributed by atoms with Gasteiger partial charge >= 0.3 is 0 Å². The summed E-state index contributed by atoms with van der Waals surface area (Å²) >= 11 is 0. The van der Waals surface area contributed by atoms with E-state index < -0.39 is 0 Å². The number of benzene rings is 1. The van der Waals surface area contributed by atoms with Crippen molar-refractivity contribution in [3.8, 4) is 0 Å². The van der Waals surface area contributed by atoms with Gasteiger partial charge in [0.2, 0.25) is 5.91 Å². The lowest BCUT2D eigenvalue weighted by molar-refractivity contribution is -0.127. The SMILES string of the molecule is Cc1ccc(C)c2c(=O)cc(CNCCCN3CCCC3=O)[nH]c12. The van der Waals surface area contributed by atoms with E-state index in [2.05, 4.69) is 10.3 Å². The first-order valence-electron chi connectivity index (χ1n) is 8.67. The largest absolute Gasteiger partial charge is 0.357 e. The highest BCUT2D eigenvalue weighted by atomic mass is 16.2. The van der Waals surface area contributed by atoms with Gasteiger partial charge in [-0.05, 0) is 44.4 Å². The molecule has 0 atom stereocenters. The van der Waals surface area contributed by atoms with Crippen molar-refractivity contribution >= 4 is 16.8 Å². The van der Waals surface area contributed by atoms with Crippen LogP contribution in [-0.2, 0) is 11.3 Å². The number of hydrogen-bond donors (Lipinski definition) is 2. The number of carbonyl (C=O) groups is 1. The summed E-state index contributed by atoms with van der Waals surface area (Å²) in [7, 11) is 0. The maximum absolute atomic E-state index is 12.4. The number of aromatic amines is 1. The standard InChI is InChI=1S/C19H25N3O2/c1-13-6-7-14(2)19-18(13)16(23)11-15(21-19)12-20-8-4-10-22-9-3-5-17(22)24/h6-7,11,20H,3-5,8-10,12H2,1-2H3,(H,21,23). The highest BCUT2D eigenvalue weighted by molar-refractivity contribution is 5.84. The number of amides is 1. The van der Waals surface area contributed by atoms with Crippen LogP contribution in [0.4, 0.5) is 0 Å². The van der Waals surface area contributed by atoms with Gasteiger partial charge in [-0.3, -0.25) is 9.59 Å². The van der Waals surface area contributed by atoms with Crippen LogP contribution >= 0.6 is 0 Å². The van der Waals surface area contributed by atoms with E-state index in [4.69, 9.17) is 0 Å². The number of hydrogen-bond acceptors (Lipinski definition) is 3. The fourth-order valence-electron chi connectivity index (χ4n) is 3.37. The third-order valence-corrected chi connectivity index (χ3v) is 4.73. The zero-order valence-electron chi connectivity index (χ0n) is 14.4. The molecular formula is C19H25N3O2. The van der Waals surface area contributed by atoms with Gasteiger partial charge in [-0.1, -0.05) is 12.1 Å². The van der Waals surface area contributed by atoms with Gasteiger partial charge in [0.1, 0.15) is 0 Å². The molecule has 1 fully saturated rings. The Balaban J connectivity index is 1.59. The molecule has 1 amide bonds. The van der Waals surface area contributed by atoms with Gasteiger partial charge < -0.3 is 15.2 Å². The second-order valence-electron chi connectivity index (χ2n) is 6.62. The Kier molecular flexibility index (Phi) is 5.00. The molecule has 2 N–H and O–H groups in total. The lowest BCUT2D eigenvalue weighted by atomic mass is 10.0. The minimum Gasteiger partial charge on any atom is -0.357 e. The summed E-state index contributed by atoms with van der Waals surface area (Å²) in [6.07, 6.45) is 2.62. The quantitative estimate of drug-likeness (QED) is 0.800. The molecule has 5 heteroatoms. The van der Waals surface area contributed by atoms with E-state index in [9.17, 15) is 9.59 Å². The molecule has 0 spiro atoms. The number of fused-ring (bicyclic) bond motifs is 1. The number of H-pyrrole nitrogens is 1. The molecule has 0 bridgehead atoms. The Morgan fingerprint density at radius 3 is 2.75 bits per heavy atom. The number of carbonyl (C=O) groups excluding carboxylic acids is 1. The van der Waals surface area contributed by atoms with Crippen molar-refractivity contribution in [3.63, 3.8) is 0 Å². The van der Waals surface area contributed by atoms with Gasteiger partial charge in [-0.15, -0.1) is 0 Å². The Morgan fingerprint density at radius 1 is 1.21 bits per heavy atom. The van der Waals surface area contributed by atoms with E-state index in [1.165, 1.54) is 0 Å². The Morgan fingerprint density at radius 2 is 2.00 bits per heavy atom. The van der Waals surface area contributed by atoms with Crippen molar-refractivity contribution in [3.05, 3.63) is 45.2 Å². The molecule has 1 aromatic heterocycles. The zero-order valence-corrected chi connectivity index (χ0v) is 14.4. The molecular weight excluding hydrogens is 302 g/mol. The maximum Gasteiger partial charge on any atom is 0.222 e. The molecule has 0 unspecified atom stereocenters. The van der Waals surface area contributed by atoms with E-state index in [-0.39, 0.29) is 11.3 Å². The second-order valence-corrected chi connectivity index (χ2v) is 6.62. The summed E-state index contributed by atoms with van der Waals surface area (Å²) in [5.74, 6) is 0.278. The van der Waals surface area contributed by atoms with Crippen LogP contribution in [0.2, 0.25) is 0 Å². The Hall–Kier alpha value is -2.14. The second kappa shape index (κ2) is 7.18. The smallest absolute Gasteiger partial charge is 0.222 e. The molecule has 5 nitrogen and oxygen atoms in total. The van der Waals surface area contributed by atoms with Gasteiger partial charge in [0.05, 0.1) is 5.52 Å².